The Balaban J connectivity index is 0.000000617. The molecule has 8 unspecified atom stereocenters. The molecule has 5 heterocycles. The summed E-state index contributed by atoms with van der Waals surface area (Å²) in [4.78, 5) is 0. The van der Waals surface area contributed by atoms with E-state index in [4.69, 9.17) is 8.42 Å². The Morgan fingerprint density at radius 3 is 0.556 bits per heavy atom. The van der Waals surface area contributed by atoms with Crippen molar-refractivity contribution >= 4 is 10.9 Å². The number of nitrogens with one attached hydrogen (secondary N) is 8. The normalized spacial score (nSPS) is 52.0. The van der Waals surface area contributed by atoms with E-state index < -0.39 is 10.9 Å². The molecule has 0 aromatic heterocycles. The second-order valence-corrected chi connectivity index (χ2v) is 16.4. The summed E-state index contributed by atoms with van der Waals surface area (Å²) in [5, 5.41) is 37.8. The van der Waals surface area contributed by atoms with Gasteiger partial charge in [0.05, 0.1) is 49.3 Å². The van der Waals surface area contributed by atoms with Crippen molar-refractivity contribution in [3.63, 3.8) is 0 Å². The first-order valence-corrected chi connectivity index (χ1v) is 19.6. The van der Waals surface area contributed by atoms with Crippen LogP contribution in [-0.4, -0.2) is 49.3 Å². The summed E-state index contributed by atoms with van der Waals surface area (Å²) in [6.07, 6.45) is 25.6. The van der Waals surface area contributed by atoms with Gasteiger partial charge in [-0.15, -0.1) is 0 Å². The smallest absolute Gasteiger partial charge is 0.0628 e. The van der Waals surface area contributed by atoms with E-state index in [-0.39, 0.29) is 16.8 Å². The number of rotatable bonds is 0. The van der Waals surface area contributed by atoms with Crippen LogP contribution >= 0.6 is 0 Å². The SMILES string of the molecule is C1CCC2C3NC(NC4NC(NC5NC(NC6NC(N3)C3CCCCC63)C3CCCCC53)C3CCCCC43)C2C1.N[S-](=O)=O.[Co]. The molecule has 11 nitrogen and oxygen atoms in total. The van der Waals surface area contributed by atoms with Crippen LogP contribution in [-0.2, 0) is 36.1 Å². The molecular weight excluding hydrogens is 633 g/mol. The number of nitrogens with two attached hydrogens (primary N) is 1. The third-order valence-electron chi connectivity index (χ3n) is 13.8. The third-order valence-corrected chi connectivity index (χ3v) is 13.8. The zero-order chi connectivity index (χ0) is 29.8. The molecular formula is C32H58CoN9O2S-. The van der Waals surface area contributed by atoms with Gasteiger partial charge >= 0.3 is 0 Å². The molecule has 45 heavy (non-hydrogen) atoms. The van der Waals surface area contributed by atoms with Crippen LogP contribution in [0.15, 0.2) is 0 Å². The van der Waals surface area contributed by atoms with Gasteiger partial charge in [0.25, 0.3) is 0 Å². The fourth-order valence-corrected chi connectivity index (χ4v) is 12.0. The van der Waals surface area contributed by atoms with Crippen LogP contribution < -0.4 is 47.7 Å². The molecule has 10 N–H and O–H groups in total. The molecule has 9 aliphatic rings. The van der Waals surface area contributed by atoms with E-state index in [0.717, 1.165) is 47.3 Å². The van der Waals surface area contributed by atoms with E-state index in [1.807, 2.05) is 0 Å². The summed E-state index contributed by atoms with van der Waals surface area (Å²) < 4.78 is 17.6. The van der Waals surface area contributed by atoms with Gasteiger partial charge in [0, 0.05) is 16.8 Å². The molecule has 0 amide bonds. The number of hydrogen-bond donors (Lipinski definition) is 9. The van der Waals surface area contributed by atoms with Crippen LogP contribution in [0.4, 0.5) is 0 Å². The molecule has 259 valence electrons. The van der Waals surface area contributed by atoms with E-state index in [0.29, 0.717) is 49.3 Å². The van der Waals surface area contributed by atoms with Crippen molar-refractivity contribution in [2.45, 2.75) is 152 Å². The Morgan fingerprint density at radius 2 is 0.444 bits per heavy atom. The molecule has 13 heteroatoms. The van der Waals surface area contributed by atoms with Crippen molar-refractivity contribution in [2.75, 3.05) is 0 Å². The molecule has 4 saturated carbocycles. The Bertz CT molecular complexity index is 873. The van der Waals surface area contributed by atoms with Crippen LogP contribution in [0.5, 0.6) is 0 Å². The molecule has 9 fully saturated rings. The number of hydrogen-bond acceptors (Lipinski definition) is 11. The Hall–Kier alpha value is 0.0965. The average molecular weight is 692 g/mol. The van der Waals surface area contributed by atoms with Crippen molar-refractivity contribution in [3.05, 3.63) is 0 Å². The van der Waals surface area contributed by atoms with Crippen LogP contribution in [0.1, 0.15) is 103 Å². The molecule has 0 spiro atoms. The predicted molar refractivity (Wildman–Crippen MR) is 170 cm³/mol. The summed E-state index contributed by atoms with van der Waals surface area (Å²) >= 11 is 0. The maximum Gasteiger partial charge on any atom is 0.0628 e. The van der Waals surface area contributed by atoms with Gasteiger partial charge in [-0.05, 0) is 110 Å². The Labute approximate surface area is 282 Å². The van der Waals surface area contributed by atoms with Crippen molar-refractivity contribution in [3.8, 4) is 0 Å². The van der Waals surface area contributed by atoms with E-state index in [1.165, 1.54) is 103 Å². The largest absolute Gasteiger partial charge is 0.409 e. The van der Waals surface area contributed by atoms with Gasteiger partial charge in [0.15, 0.2) is 0 Å². The Kier molecular flexibility index (Phi) is 10.8. The summed E-state index contributed by atoms with van der Waals surface area (Å²) in [5.74, 6) is 5.97. The quantitative estimate of drug-likeness (QED) is 0.172. The summed E-state index contributed by atoms with van der Waals surface area (Å²) in [5.41, 5.74) is 0. The molecule has 4 aliphatic carbocycles. The second kappa shape index (κ2) is 14.5. The van der Waals surface area contributed by atoms with Gasteiger partial charge in [-0.25, -0.2) is 0 Å². The first-order valence-electron chi connectivity index (χ1n) is 18.5. The molecule has 5 aliphatic heterocycles. The van der Waals surface area contributed by atoms with Crippen LogP contribution in [0, 0.1) is 47.3 Å². The van der Waals surface area contributed by atoms with Crippen molar-refractivity contribution < 1.29 is 25.2 Å². The first kappa shape index (κ1) is 33.6. The minimum atomic E-state index is -2.36. The van der Waals surface area contributed by atoms with Gasteiger partial charge in [-0.1, -0.05) is 51.4 Å². The minimum Gasteiger partial charge on any atom is -0.409 e. The van der Waals surface area contributed by atoms with Gasteiger partial charge in [0.1, 0.15) is 0 Å². The van der Waals surface area contributed by atoms with Gasteiger partial charge in [0.2, 0.25) is 0 Å². The zero-order valence-corrected chi connectivity index (χ0v) is 28.5. The van der Waals surface area contributed by atoms with Crippen molar-refractivity contribution in [2.24, 2.45) is 52.5 Å². The molecule has 0 aromatic rings. The molecule has 8 atom stereocenters. The van der Waals surface area contributed by atoms with E-state index >= 15 is 0 Å². The average Bonchev–Trinajstić information content (AvgIpc) is 3.76. The third kappa shape index (κ3) is 6.69. The molecule has 1 radical (unpaired) electrons. The standard InChI is InChI=1S/C32H56N8.Co.H2NO2S/c1-2-10-18-17(9-1)25-33-26(18)38-28-21-13-5-6-14-22(21)30(35-28)40-32-24-16-8-7-15-23(24)31(36-32)39-29-20-12-4-3-11-19(20)27(34-29)37-25;;1-4(2)3/h17-40H,1-16H2;;(H2,1,2,3)/q;;-1. The summed E-state index contributed by atoms with van der Waals surface area (Å²) in [6, 6.07) is 0. The van der Waals surface area contributed by atoms with Crippen LogP contribution in [0.2, 0.25) is 0 Å². The monoisotopic (exact) mass is 691 g/mol. The molecule has 5 saturated heterocycles. The topological polar surface area (TPSA) is 156 Å². The van der Waals surface area contributed by atoms with Crippen LogP contribution in [0.3, 0.4) is 0 Å². The first-order chi connectivity index (χ1) is 21.5. The van der Waals surface area contributed by atoms with E-state index in [9.17, 15) is 0 Å². The number of fused-ring (bicyclic) bond motifs is 20. The summed E-state index contributed by atoms with van der Waals surface area (Å²) in [7, 11) is -2.36. The van der Waals surface area contributed by atoms with Gasteiger partial charge in [-0.3, -0.25) is 42.5 Å². The maximum absolute atomic E-state index is 8.78. The molecule has 8 bridgehead atoms. The maximum atomic E-state index is 8.78. The van der Waals surface area contributed by atoms with Gasteiger partial charge in [-0.2, -0.15) is 0 Å². The van der Waals surface area contributed by atoms with Gasteiger partial charge < -0.3 is 13.6 Å². The fourth-order valence-electron chi connectivity index (χ4n) is 12.0. The summed E-state index contributed by atoms with van der Waals surface area (Å²) in [6.45, 7) is 0. The molecule has 9 rings (SSSR count). The van der Waals surface area contributed by atoms with E-state index in [1.54, 1.807) is 0 Å². The van der Waals surface area contributed by atoms with Crippen LogP contribution in [0.25, 0.3) is 0 Å². The Morgan fingerprint density at radius 1 is 0.333 bits per heavy atom. The fraction of sp³-hybridized carbons (Fsp3) is 1.00. The molecule has 0 aromatic carbocycles. The predicted octanol–water partition coefficient (Wildman–Crippen LogP) is 1.77. The minimum absolute atomic E-state index is 0. The van der Waals surface area contributed by atoms with E-state index in [2.05, 4.69) is 47.7 Å². The zero-order valence-electron chi connectivity index (χ0n) is 26.7. The van der Waals surface area contributed by atoms with Crippen molar-refractivity contribution in [1.29, 1.82) is 0 Å². The second-order valence-electron chi connectivity index (χ2n) is 15.9. The van der Waals surface area contributed by atoms with Crippen molar-refractivity contribution in [1.82, 2.24) is 42.5 Å².